The Morgan fingerprint density at radius 3 is 2.78 bits per heavy atom. The van der Waals surface area contributed by atoms with E-state index in [1.54, 1.807) is 11.1 Å². The van der Waals surface area contributed by atoms with Gasteiger partial charge in [-0.05, 0) is 81.1 Å². The lowest BCUT2D eigenvalue weighted by Crippen LogP contribution is -2.49. The third-order valence-corrected chi connectivity index (χ3v) is 9.19. The molecule has 3 nitrogen and oxygen atoms in total. The summed E-state index contributed by atoms with van der Waals surface area (Å²) in [6, 6.07) is 0. The van der Waals surface area contributed by atoms with Crippen LogP contribution in [-0.4, -0.2) is 24.3 Å². The molecule has 0 aromatic carbocycles. The standard InChI is InChI=1S/C24H34O3/c1-16(25)27-18-7-11-22(2)17(15-18)5-6-19-20(22)8-12-23(3)21(19)9-13-24(23)10-4-14-26-24/h7,11,17-18,20H,4-6,8-10,12-15H2,1-3H3/t17?,18-,20?,22-,23-,24?/m0/s1. The number of hydrogen-bond acceptors (Lipinski definition) is 3. The van der Waals surface area contributed by atoms with E-state index in [0.717, 1.165) is 13.0 Å². The molecule has 0 amide bonds. The Morgan fingerprint density at radius 1 is 1.19 bits per heavy atom. The Balaban J connectivity index is 1.49. The van der Waals surface area contributed by atoms with Crippen LogP contribution in [-0.2, 0) is 14.3 Å². The van der Waals surface area contributed by atoms with Crippen molar-refractivity contribution < 1.29 is 14.3 Å². The fraction of sp³-hybridized carbons (Fsp3) is 0.792. The van der Waals surface area contributed by atoms with E-state index in [4.69, 9.17) is 9.47 Å². The number of rotatable bonds is 1. The van der Waals surface area contributed by atoms with Gasteiger partial charge in [-0.1, -0.05) is 31.1 Å². The molecule has 2 saturated carbocycles. The molecule has 3 fully saturated rings. The maximum Gasteiger partial charge on any atom is 0.303 e. The molecule has 1 heterocycles. The summed E-state index contributed by atoms with van der Waals surface area (Å²) in [5, 5.41) is 0. The fourth-order valence-electron chi connectivity index (χ4n) is 7.73. The van der Waals surface area contributed by atoms with Gasteiger partial charge < -0.3 is 9.47 Å². The van der Waals surface area contributed by atoms with Gasteiger partial charge in [0.2, 0.25) is 0 Å². The Bertz CT molecular complexity index is 713. The summed E-state index contributed by atoms with van der Waals surface area (Å²) in [6.07, 6.45) is 15.6. The molecule has 0 bridgehead atoms. The normalized spacial score (nSPS) is 48.3. The molecule has 5 rings (SSSR count). The first-order valence-electron chi connectivity index (χ1n) is 11.1. The lowest BCUT2D eigenvalue weighted by atomic mass is 9.50. The van der Waals surface area contributed by atoms with E-state index in [-0.39, 0.29) is 28.5 Å². The molecule has 0 aromatic rings. The number of carbonyl (C=O) groups is 1. The van der Waals surface area contributed by atoms with Crippen LogP contribution in [0, 0.1) is 22.7 Å². The summed E-state index contributed by atoms with van der Waals surface area (Å²) < 4.78 is 12.0. The summed E-state index contributed by atoms with van der Waals surface area (Å²) in [5.74, 6) is 1.14. The van der Waals surface area contributed by atoms with E-state index in [9.17, 15) is 4.79 Å². The van der Waals surface area contributed by atoms with Crippen molar-refractivity contribution in [2.45, 2.75) is 90.3 Å². The highest BCUT2D eigenvalue weighted by molar-refractivity contribution is 5.66. The van der Waals surface area contributed by atoms with Crippen molar-refractivity contribution in [3.05, 3.63) is 23.3 Å². The fourth-order valence-corrected chi connectivity index (χ4v) is 7.73. The first-order chi connectivity index (χ1) is 12.9. The zero-order valence-electron chi connectivity index (χ0n) is 17.2. The second kappa shape index (κ2) is 5.95. The Kier molecular flexibility index (Phi) is 3.96. The van der Waals surface area contributed by atoms with Crippen molar-refractivity contribution in [3.63, 3.8) is 0 Å². The van der Waals surface area contributed by atoms with Crippen LogP contribution in [0.2, 0.25) is 0 Å². The second-order valence-corrected chi connectivity index (χ2v) is 10.2. The van der Waals surface area contributed by atoms with Gasteiger partial charge in [-0.25, -0.2) is 0 Å². The molecule has 1 saturated heterocycles. The smallest absolute Gasteiger partial charge is 0.303 e. The maximum atomic E-state index is 11.4. The molecule has 4 aliphatic carbocycles. The topological polar surface area (TPSA) is 35.5 Å². The molecular formula is C24H34O3. The van der Waals surface area contributed by atoms with Gasteiger partial charge in [-0.2, -0.15) is 0 Å². The highest BCUT2D eigenvalue weighted by Crippen LogP contribution is 2.67. The number of hydrogen-bond donors (Lipinski definition) is 0. The van der Waals surface area contributed by atoms with Crippen LogP contribution in [0.4, 0.5) is 0 Å². The maximum absolute atomic E-state index is 11.4. The number of ether oxygens (including phenoxy) is 2. The van der Waals surface area contributed by atoms with Crippen LogP contribution in [0.5, 0.6) is 0 Å². The summed E-state index contributed by atoms with van der Waals surface area (Å²) >= 11 is 0. The Morgan fingerprint density at radius 2 is 2.04 bits per heavy atom. The molecule has 5 aliphatic rings. The Labute approximate surface area is 163 Å². The molecule has 0 radical (unpaired) electrons. The monoisotopic (exact) mass is 370 g/mol. The quantitative estimate of drug-likeness (QED) is 0.461. The predicted octanol–water partition coefficient (Wildman–Crippen LogP) is 5.35. The average molecular weight is 371 g/mol. The van der Waals surface area contributed by atoms with Crippen molar-refractivity contribution >= 4 is 5.97 Å². The molecule has 0 aromatic heterocycles. The molecular weight excluding hydrogens is 336 g/mol. The van der Waals surface area contributed by atoms with Gasteiger partial charge in [0, 0.05) is 18.9 Å². The van der Waals surface area contributed by atoms with Crippen LogP contribution in [0.25, 0.3) is 0 Å². The molecule has 3 unspecified atom stereocenters. The SMILES string of the molecule is CC(=O)O[C@H]1C=C[C@@]2(C)C(CCC3=C4CCC5(CCCO5)[C@@]4(C)CCC32)C1. The first-order valence-corrected chi connectivity index (χ1v) is 11.1. The predicted molar refractivity (Wildman–Crippen MR) is 105 cm³/mol. The zero-order valence-corrected chi connectivity index (χ0v) is 17.2. The van der Waals surface area contributed by atoms with Gasteiger partial charge in [0.15, 0.2) is 0 Å². The van der Waals surface area contributed by atoms with Crippen LogP contribution in [0.1, 0.15) is 78.6 Å². The third kappa shape index (κ3) is 2.39. The van der Waals surface area contributed by atoms with Gasteiger partial charge >= 0.3 is 5.97 Å². The van der Waals surface area contributed by atoms with Crippen LogP contribution in [0.3, 0.4) is 0 Å². The summed E-state index contributed by atoms with van der Waals surface area (Å²) in [6.45, 7) is 7.48. The minimum absolute atomic E-state index is 0.0229. The van der Waals surface area contributed by atoms with Crippen LogP contribution in [0.15, 0.2) is 23.3 Å². The minimum atomic E-state index is -0.159. The van der Waals surface area contributed by atoms with Crippen molar-refractivity contribution in [3.8, 4) is 0 Å². The molecule has 3 heteroatoms. The zero-order chi connectivity index (χ0) is 18.9. The van der Waals surface area contributed by atoms with E-state index < -0.39 is 0 Å². The van der Waals surface area contributed by atoms with Crippen LogP contribution >= 0.6 is 0 Å². The number of fused-ring (bicyclic) bond motifs is 5. The highest BCUT2D eigenvalue weighted by atomic mass is 16.5. The average Bonchev–Trinajstić information content (AvgIpc) is 3.21. The van der Waals surface area contributed by atoms with Crippen LogP contribution < -0.4 is 0 Å². The van der Waals surface area contributed by atoms with Gasteiger partial charge in [0.1, 0.15) is 6.10 Å². The molecule has 6 atom stereocenters. The van der Waals surface area contributed by atoms with Gasteiger partial charge in [-0.3, -0.25) is 4.79 Å². The number of allylic oxidation sites excluding steroid dienone is 2. The molecule has 27 heavy (non-hydrogen) atoms. The molecule has 0 N–H and O–H groups in total. The minimum Gasteiger partial charge on any atom is -0.458 e. The first kappa shape index (κ1) is 18.0. The van der Waals surface area contributed by atoms with E-state index in [1.165, 1.54) is 58.3 Å². The van der Waals surface area contributed by atoms with E-state index in [0.29, 0.717) is 11.8 Å². The second-order valence-electron chi connectivity index (χ2n) is 10.2. The molecule has 1 aliphatic heterocycles. The van der Waals surface area contributed by atoms with Crippen molar-refractivity contribution in [1.82, 2.24) is 0 Å². The van der Waals surface area contributed by atoms with Gasteiger partial charge in [0.25, 0.3) is 0 Å². The lowest BCUT2D eigenvalue weighted by molar-refractivity contribution is -0.146. The summed E-state index contributed by atoms with van der Waals surface area (Å²) in [7, 11) is 0. The molecule has 148 valence electrons. The van der Waals surface area contributed by atoms with E-state index >= 15 is 0 Å². The van der Waals surface area contributed by atoms with Crippen molar-refractivity contribution in [2.24, 2.45) is 22.7 Å². The van der Waals surface area contributed by atoms with Crippen molar-refractivity contribution in [2.75, 3.05) is 6.61 Å². The highest BCUT2D eigenvalue weighted by Gasteiger charge is 2.61. The van der Waals surface area contributed by atoms with E-state index in [1.807, 2.05) is 0 Å². The summed E-state index contributed by atoms with van der Waals surface area (Å²) in [4.78, 5) is 11.4. The van der Waals surface area contributed by atoms with Crippen molar-refractivity contribution in [1.29, 1.82) is 0 Å². The number of esters is 1. The largest absolute Gasteiger partial charge is 0.458 e. The number of carbonyl (C=O) groups excluding carboxylic acids is 1. The van der Waals surface area contributed by atoms with Gasteiger partial charge in [0.05, 0.1) is 5.60 Å². The van der Waals surface area contributed by atoms with E-state index in [2.05, 4.69) is 26.0 Å². The van der Waals surface area contributed by atoms with Gasteiger partial charge in [-0.15, -0.1) is 0 Å². The molecule has 1 spiro atoms. The lowest BCUT2D eigenvalue weighted by Gasteiger charge is -2.55. The third-order valence-electron chi connectivity index (χ3n) is 9.19. The summed E-state index contributed by atoms with van der Waals surface area (Å²) in [5.41, 5.74) is 4.20. The Hall–Kier alpha value is -1.09.